The first-order chi connectivity index (χ1) is 14.4. The number of carbonyl (C=O) groups is 1. The maximum Gasteiger partial charge on any atom is 0.407 e. The largest absolute Gasteiger partial charge is 0.444 e. The molecule has 1 heterocycles. The number of alkyl carbamates (subject to hydrolysis) is 1. The zero-order valence-electron chi connectivity index (χ0n) is 19.4. The molecule has 3 N–H and O–H groups in total. The summed E-state index contributed by atoms with van der Waals surface area (Å²) in [5.74, 6) is 0.858. The van der Waals surface area contributed by atoms with Crippen molar-refractivity contribution in [3.05, 3.63) is 35.9 Å². The number of hydrogen-bond donors (Lipinski definition) is 3. The fourth-order valence-electron chi connectivity index (χ4n) is 3.36. The lowest BCUT2D eigenvalue weighted by Gasteiger charge is -2.33. The van der Waals surface area contributed by atoms with Crippen LogP contribution < -0.4 is 16.0 Å². The van der Waals surface area contributed by atoms with E-state index in [1.165, 1.54) is 5.56 Å². The maximum absolute atomic E-state index is 11.7. The van der Waals surface area contributed by atoms with Crippen LogP contribution in [0.5, 0.6) is 0 Å². The van der Waals surface area contributed by atoms with Gasteiger partial charge in [-0.3, -0.25) is 9.89 Å². The molecular weight excluding hydrogens is 505 g/mol. The lowest BCUT2D eigenvalue weighted by atomic mass is 10.0. The van der Waals surface area contributed by atoms with Crippen molar-refractivity contribution in [1.82, 2.24) is 20.9 Å². The molecule has 0 spiro atoms. The van der Waals surface area contributed by atoms with E-state index in [0.717, 1.165) is 51.4 Å². The molecule has 0 saturated carbocycles. The van der Waals surface area contributed by atoms with Crippen LogP contribution in [0.1, 0.15) is 52.5 Å². The van der Waals surface area contributed by atoms with Gasteiger partial charge in [-0.25, -0.2) is 4.79 Å². The van der Waals surface area contributed by atoms with E-state index in [2.05, 4.69) is 63.1 Å². The molecule has 1 amide bonds. The fourth-order valence-corrected chi connectivity index (χ4v) is 3.36. The van der Waals surface area contributed by atoms with Crippen LogP contribution >= 0.6 is 24.0 Å². The Balaban J connectivity index is 0.00000480. The van der Waals surface area contributed by atoms with Gasteiger partial charge in [-0.05, 0) is 52.5 Å². The van der Waals surface area contributed by atoms with E-state index >= 15 is 0 Å². The van der Waals surface area contributed by atoms with Crippen LogP contribution in [0.3, 0.4) is 0 Å². The molecular formula is C23H40IN5O2. The van der Waals surface area contributed by atoms with Crippen molar-refractivity contribution in [2.24, 2.45) is 4.99 Å². The number of rotatable bonds is 8. The monoisotopic (exact) mass is 545 g/mol. The topological polar surface area (TPSA) is 78.0 Å². The number of piperidine rings is 1. The average Bonchev–Trinajstić information content (AvgIpc) is 2.69. The molecule has 0 atom stereocenters. The maximum atomic E-state index is 11.7. The highest BCUT2D eigenvalue weighted by atomic mass is 127. The normalized spacial score (nSPS) is 15.7. The summed E-state index contributed by atoms with van der Waals surface area (Å²) in [6.07, 6.45) is 2.61. The molecule has 2 rings (SSSR count). The molecule has 1 aromatic rings. The summed E-state index contributed by atoms with van der Waals surface area (Å²) in [4.78, 5) is 18.8. The summed E-state index contributed by atoms with van der Waals surface area (Å²) < 4.78 is 5.24. The summed E-state index contributed by atoms with van der Waals surface area (Å²) in [5.41, 5.74) is 0.903. The number of carbonyl (C=O) groups excluding carboxylic acids is 1. The second kappa shape index (κ2) is 14.5. The van der Waals surface area contributed by atoms with Crippen LogP contribution in [0, 0.1) is 0 Å². The second-order valence-electron chi connectivity index (χ2n) is 8.72. The Labute approximate surface area is 204 Å². The van der Waals surface area contributed by atoms with E-state index < -0.39 is 5.60 Å². The first-order valence-corrected chi connectivity index (χ1v) is 11.1. The van der Waals surface area contributed by atoms with Crippen molar-refractivity contribution in [3.63, 3.8) is 0 Å². The Hall–Kier alpha value is -1.55. The van der Waals surface area contributed by atoms with Gasteiger partial charge >= 0.3 is 6.09 Å². The van der Waals surface area contributed by atoms with Crippen LogP contribution in [0.4, 0.5) is 4.79 Å². The number of benzene rings is 1. The van der Waals surface area contributed by atoms with E-state index in [0.29, 0.717) is 19.1 Å². The molecule has 1 saturated heterocycles. The number of guanidine groups is 1. The predicted octanol–water partition coefficient (Wildman–Crippen LogP) is 3.74. The number of nitrogens with one attached hydrogen (secondary N) is 3. The number of ether oxygens (including phenoxy) is 1. The third-order valence-electron chi connectivity index (χ3n) is 4.79. The van der Waals surface area contributed by atoms with Gasteiger partial charge in [0.05, 0.1) is 0 Å². The van der Waals surface area contributed by atoms with Crippen molar-refractivity contribution >= 4 is 36.0 Å². The van der Waals surface area contributed by atoms with E-state index in [1.54, 1.807) is 0 Å². The van der Waals surface area contributed by atoms with Crippen molar-refractivity contribution in [3.8, 4) is 0 Å². The minimum absolute atomic E-state index is 0. The quantitative estimate of drug-likeness (QED) is 0.201. The average molecular weight is 546 g/mol. The summed E-state index contributed by atoms with van der Waals surface area (Å²) in [5, 5.41) is 9.67. The summed E-state index contributed by atoms with van der Waals surface area (Å²) in [7, 11) is 0. The zero-order chi connectivity index (χ0) is 21.8. The molecule has 7 nitrogen and oxygen atoms in total. The first-order valence-electron chi connectivity index (χ1n) is 11.1. The van der Waals surface area contributed by atoms with Gasteiger partial charge in [0.25, 0.3) is 0 Å². The van der Waals surface area contributed by atoms with Crippen molar-refractivity contribution in [1.29, 1.82) is 0 Å². The van der Waals surface area contributed by atoms with E-state index in [-0.39, 0.29) is 30.1 Å². The van der Waals surface area contributed by atoms with Crippen molar-refractivity contribution in [2.45, 2.75) is 65.1 Å². The molecule has 1 aromatic carbocycles. The molecule has 1 aliphatic rings. The van der Waals surface area contributed by atoms with Gasteiger partial charge in [0, 0.05) is 45.3 Å². The number of aliphatic imine (C=N–C) groups is 1. The minimum atomic E-state index is -0.471. The Morgan fingerprint density at radius 3 is 2.45 bits per heavy atom. The molecule has 0 unspecified atom stereocenters. The van der Waals surface area contributed by atoms with E-state index in [1.807, 2.05) is 20.8 Å². The number of likely N-dealkylation sites (tertiary alicyclic amines) is 1. The summed E-state index contributed by atoms with van der Waals surface area (Å²) >= 11 is 0. The minimum Gasteiger partial charge on any atom is -0.444 e. The van der Waals surface area contributed by atoms with Gasteiger partial charge in [0.2, 0.25) is 0 Å². The summed E-state index contributed by atoms with van der Waals surface area (Å²) in [6.45, 7) is 12.9. The molecule has 176 valence electrons. The molecule has 0 bridgehead atoms. The molecule has 0 aromatic heterocycles. The highest BCUT2D eigenvalue weighted by Crippen LogP contribution is 2.13. The molecule has 0 aliphatic carbocycles. The Morgan fingerprint density at radius 1 is 1.16 bits per heavy atom. The SMILES string of the molecule is CCNC(=NCCCNC(=O)OC(C)(C)C)NC1CCN(Cc2ccccc2)CC1.I. The van der Waals surface area contributed by atoms with Gasteiger partial charge in [0.1, 0.15) is 5.60 Å². The third-order valence-corrected chi connectivity index (χ3v) is 4.79. The van der Waals surface area contributed by atoms with Gasteiger partial charge in [-0.2, -0.15) is 0 Å². The molecule has 1 aliphatic heterocycles. The van der Waals surface area contributed by atoms with E-state index in [4.69, 9.17) is 4.74 Å². The Kier molecular flexibility index (Phi) is 12.9. The number of nitrogens with zero attached hydrogens (tertiary/aromatic N) is 2. The smallest absolute Gasteiger partial charge is 0.407 e. The van der Waals surface area contributed by atoms with Gasteiger partial charge < -0.3 is 20.7 Å². The molecule has 0 radical (unpaired) electrons. The number of hydrogen-bond acceptors (Lipinski definition) is 4. The third kappa shape index (κ3) is 12.2. The van der Waals surface area contributed by atoms with Crippen molar-refractivity contribution < 1.29 is 9.53 Å². The van der Waals surface area contributed by atoms with Gasteiger partial charge in [-0.1, -0.05) is 30.3 Å². The standard InChI is InChI=1S/C23H39N5O2.HI/c1-5-24-21(25-14-9-15-26-22(29)30-23(2,3)4)27-20-12-16-28(17-13-20)18-19-10-7-6-8-11-19;/h6-8,10-11,20H,5,9,12-18H2,1-4H3,(H,26,29)(H2,24,25,27);1H. The predicted molar refractivity (Wildman–Crippen MR) is 138 cm³/mol. The fraction of sp³-hybridized carbons (Fsp3) is 0.652. The first kappa shape index (κ1) is 27.5. The van der Waals surface area contributed by atoms with Crippen LogP contribution in [0.15, 0.2) is 35.3 Å². The number of amides is 1. The summed E-state index contributed by atoms with van der Waals surface area (Å²) in [6, 6.07) is 11.1. The van der Waals surface area contributed by atoms with Crippen LogP contribution in [0.2, 0.25) is 0 Å². The second-order valence-corrected chi connectivity index (χ2v) is 8.72. The van der Waals surface area contributed by atoms with Gasteiger partial charge in [0.15, 0.2) is 5.96 Å². The van der Waals surface area contributed by atoms with E-state index in [9.17, 15) is 4.79 Å². The highest BCUT2D eigenvalue weighted by molar-refractivity contribution is 14.0. The Bertz CT molecular complexity index is 656. The lowest BCUT2D eigenvalue weighted by molar-refractivity contribution is 0.0527. The molecule has 1 fully saturated rings. The molecule has 8 heteroatoms. The van der Waals surface area contributed by atoms with Crippen molar-refractivity contribution in [2.75, 3.05) is 32.7 Å². The zero-order valence-corrected chi connectivity index (χ0v) is 21.8. The molecule has 31 heavy (non-hydrogen) atoms. The van der Waals surface area contributed by atoms with Crippen LogP contribution in [-0.4, -0.2) is 61.3 Å². The van der Waals surface area contributed by atoms with Gasteiger partial charge in [-0.15, -0.1) is 24.0 Å². The lowest BCUT2D eigenvalue weighted by Crippen LogP contribution is -2.48. The van der Waals surface area contributed by atoms with Crippen LogP contribution in [-0.2, 0) is 11.3 Å². The number of halogens is 1. The highest BCUT2D eigenvalue weighted by Gasteiger charge is 2.20. The van der Waals surface area contributed by atoms with Crippen LogP contribution in [0.25, 0.3) is 0 Å². The Morgan fingerprint density at radius 2 is 1.84 bits per heavy atom.